The van der Waals surface area contributed by atoms with E-state index >= 15 is 0 Å². The lowest BCUT2D eigenvalue weighted by atomic mass is 10.0. The average molecular weight is 516 g/mol. The number of amides is 3. The maximum atomic E-state index is 14.1. The number of ether oxygens (including phenoxy) is 1. The van der Waals surface area contributed by atoms with Gasteiger partial charge in [-0.3, -0.25) is 14.5 Å². The van der Waals surface area contributed by atoms with Crippen LogP contribution < -0.4 is 20.3 Å². The Morgan fingerprint density at radius 1 is 1.24 bits per heavy atom. The minimum Gasteiger partial charge on any atom is -0.496 e. The van der Waals surface area contributed by atoms with E-state index in [0.29, 0.717) is 22.7 Å². The Balaban J connectivity index is 1.79. The number of carbonyl (C=O) groups is 3. The van der Waals surface area contributed by atoms with E-state index < -0.39 is 30.1 Å². The van der Waals surface area contributed by atoms with Crippen molar-refractivity contribution in [3.8, 4) is 11.8 Å². The lowest BCUT2D eigenvalue weighted by molar-refractivity contribution is -0.130. The fourth-order valence-electron chi connectivity index (χ4n) is 4.58. The van der Waals surface area contributed by atoms with Crippen LogP contribution in [0, 0.1) is 11.3 Å². The van der Waals surface area contributed by atoms with Gasteiger partial charge in [-0.05, 0) is 48.9 Å². The van der Waals surface area contributed by atoms with E-state index in [2.05, 4.69) is 16.7 Å². The summed E-state index contributed by atoms with van der Waals surface area (Å²) in [6.07, 6.45) is -1.26. The number of methoxy groups -OCH3 is 1. The molecular formula is C28H29N5O5. The molecular weight excluding hydrogens is 486 g/mol. The van der Waals surface area contributed by atoms with Crippen molar-refractivity contribution in [3.05, 3.63) is 65.7 Å². The molecule has 38 heavy (non-hydrogen) atoms. The monoisotopic (exact) mass is 515 g/mol. The second-order valence-corrected chi connectivity index (χ2v) is 9.22. The van der Waals surface area contributed by atoms with Gasteiger partial charge in [0.2, 0.25) is 5.91 Å². The van der Waals surface area contributed by atoms with E-state index in [0.717, 1.165) is 21.2 Å². The van der Waals surface area contributed by atoms with Gasteiger partial charge in [0.25, 0.3) is 5.91 Å². The molecule has 0 fully saturated rings. The third-order valence-electron chi connectivity index (χ3n) is 6.93. The predicted octanol–water partition coefficient (Wildman–Crippen LogP) is 3.55. The first kappa shape index (κ1) is 26.3. The number of carbonyl (C=O) groups excluding carboxylic acids is 2. The molecule has 10 heteroatoms. The highest BCUT2D eigenvalue weighted by atomic mass is 16.5. The zero-order valence-electron chi connectivity index (χ0n) is 21.6. The van der Waals surface area contributed by atoms with E-state index in [1.165, 1.54) is 14.0 Å². The van der Waals surface area contributed by atoms with Gasteiger partial charge in [-0.2, -0.15) is 5.26 Å². The molecule has 0 radical (unpaired) electrons. The molecule has 0 saturated carbocycles. The summed E-state index contributed by atoms with van der Waals surface area (Å²) < 4.78 is 5.65. The minimum atomic E-state index is -1.26. The zero-order chi connectivity index (χ0) is 27.6. The molecule has 3 N–H and O–H groups in total. The van der Waals surface area contributed by atoms with Crippen LogP contribution in [0.3, 0.4) is 0 Å². The standard InChI is InChI=1S/C28H29N5O5/c1-16-25(31-26(34)17(2)32(3)28(36)37)27(35)33(23-11-9-18(14-29)13-22(23)30-16)15-21-20-8-6-5-7-19(20)10-12-24(21)38-4/h5-13,16-17,25,30H,15H2,1-4H3,(H,31,34)(H,36,37)/t16-,17-,25-/m0/s1. The summed E-state index contributed by atoms with van der Waals surface area (Å²) in [5.74, 6) is -0.385. The molecule has 1 aliphatic heterocycles. The first-order valence-corrected chi connectivity index (χ1v) is 12.1. The molecule has 3 aromatic rings. The molecule has 3 atom stereocenters. The Kier molecular flexibility index (Phi) is 7.39. The van der Waals surface area contributed by atoms with Crippen molar-refractivity contribution in [2.75, 3.05) is 24.4 Å². The number of benzene rings is 3. The smallest absolute Gasteiger partial charge is 0.407 e. The fraction of sp³-hybridized carbons (Fsp3) is 0.286. The Labute approximate surface area is 220 Å². The van der Waals surface area contributed by atoms with Crippen molar-refractivity contribution in [1.82, 2.24) is 10.2 Å². The third kappa shape index (κ3) is 4.91. The van der Waals surface area contributed by atoms with E-state index in [1.54, 1.807) is 37.1 Å². The van der Waals surface area contributed by atoms with Crippen LogP contribution in [0.25, 0.3) is 10.8 Å². The Morgan fingerprint density at radius 3 is 2.66 bits per heavy atom. The molecule has 0 saturated heterocycles. The van der Waals surface area contributed by atoms with E-state index in [-0.39, 0.29) is 12.5 Å². The maximum Gasteiger partial charge on any atom is 0.407 e. The summed E-state index contributed by atoms with van der Waals surface area (Å²) >= 11 is 0. The highest BCUT2D eigenvalue weighted by Crippen LogP contribution is 2.36. The molecule has 0 aromatic heterocycles. The zero-order valence-corrected chi connectivity index (χ0v) is 21.6. The lowest BCUT2D eigenvalue weighted by Crippen LogP contribution is -2.57. The van der Waals surface area contributed by atoms with Crippen LogP contribution in [0.5, 0.6) is 5.75 Å². The number of hydrogen-bond donors (Lipinski definition) is 3. The number of fused-ring (bicyclic) bond motifs is 2. The summed E-state index contributed by atoms with van der Waals surface area (Å²) in [5, 5.41) is 26.6. The summed E-state index contributed by atoms with van der Waals surface area (Å²) in [5.41, 5.74) is 2.31. The normalized spacial score (nSPS) is 17.4. The van der Waals surface area contributed by atoms with Gasteiger partial charge < -0.3 is 25.4 Å². The van der Waals surface area contributed by atoms with Crippen molar-refractivity contribution in [3.63, 3.8) is 0 Å². The molecule has 196 valence electrons. The molecule has 3 aromatic carbocycles. The van der Waals surface area contributed by atoms with Crippen LogP contribution in [0.2, 0.25) is 0 Å². The van der Waals surface area contributed by atoms with Crippen LogP contribution in [-0.2, 0) is 16.1 Å². The SMILES string of the molecule is COc1ccc2ccccc2c1CN1C(=O)[C@@H](NC(=O)[C@H](C)N(C)C(=O)O)[C@H](C)Nc2cc(C#N)ccc21. The van der Waals surface area contributed by atoms with Gasteiger partial charge in [0, 0.05) is 12.6 Å². The molecule has 1 aliphatic rings. The first-order valence-electron chi connectivity index (χ1n) is 12.1. The van der Waals surface area contributed by atoms with Crippen LogP contribution in [0.15, 0.2) is 54.6 Å². The largest absolute Gasteiger partial charge is 0.496 e. The van der Waals surface area contributed by atoms with E-state index in [4.69, 9.17) is 4.74 Å². The number of nitriles is 1. The summed E-state index contributed by atoms with van der Waals surface area (Å²) in [4.78, 5) is 40.9. The Bertz CT molecular complexity index is 1450. The summed E-state index contributed by atoms with van der Waals surface area (Å²) in [7, 11) is 2.86. The van der Waals surface area contributed by atoms with E-state index in [1.807, 2.05) is 36.4 Å². The number of hydrogen-bond acceptors (Lipinski definition) is 6. The third-order valence-corrected chi connectivity index (χ3v) is 6.93. The fourth-order valence-corrected chi connectivity index (χ4v) is 4.58. The molecule has 4 rings (SSSR count). The van der Waals surface area contributed by atoms with Gasteiger partial charge in [-0.1, -0.05) is 30.3 Å². The Hall–Kier alpha value is -4.78. The quantitative estimate of drug-likeness (QED) is 0.457. The molecule has 0 aliphatic carbocycles. The lowest BCUT2D eigenvalue weighted by Gasteiger charge is -2.30. The van der Waals surface area contributed by atoms with Crippen LogP contribution in [-0.4, -0.2) is 60.2 Å². The minimum absolute atomic E-state index is 0.133. The van der Waals surface area contributed by atoms with Crippen LogP contribution >= 0.6 is 0 Å². The van der Waals surface area contributed by atoms with Crippen molar-refractivity contribution in [2.24, 2.45) is 0 Å². The van der Waals surface area contributed by atoms with Gasteiger partial charge in [0.15, 0.2) is 0 Å². The number of carboxylic acid groups (broad SMARTS) is 1. The molecule has 0 unspecified atom stereocenters. The van der Waals surface area contributed by atoms with Gasteiger partial charge in [0.1, 0.15) is 17.8 Å². The molecule has 0 bridgehead atoms. The number of rotatable bonds is 6. The molecule has 0 spiro atoms. The van der Waals surface area contributed by atoms with Gasteiger partial charge in [0.05, 0.1) is 42.7 Å². The number of nitrogens with one attached hydrogen (secondary N) is 2. The summed E-state index contributed by atoms with van der Waals surface area (Å²) in [6, 6.07) is 16.1. The van der Waals surface area contributed by atoms with E-state index in [9.17, 15) is 24.8 Å². The second kappa shape index (κ2) is 10.7. The van der Waals surface area contributed by atoms with Gasteiger partial charge >= 0.3 is 6.09 Å². The molecule has 10 nitrogen and oxygen atoms in total. The van der Waals surface area contributed by atoms with Crippen LogP contribution in [0.4, 0.5) is 16.2 Å². The van der Waals surface area contributed by atoms with Crippen molar-refractivity contribution < 1.29 is 24.2 Å². The topological polar surface area (TPSA) is 135 Å². The maximum absolute atomic E-state index is 14.1. The Morgan fingerprint density at radius 2 is 1.97 bits per heavy atom. The second-order valence-electron chi connectivity index (χ2n) is 9.22. The average Bonchev–Trinajstić information content (AvgIpc) is 3.01. The first-order chi connectivity index (χ1) is 18.2. The predicted molar refractivity (Wildman–Crippen MR) is 143 cm³/mol. The molecule has 1 heterocycles. The summed E-state index contributed by atoms with van der Waals surface area (Å²) in [6.45, 7) is 3.34. The number of likely N-dealkylation sites (N-methyl/N-ethyl adjacent to an activating group) is 1. The number of nitrogens with zero attached hydrogens (tertiary/aromatic N) is 3. The highest BCUT2D eigenvalue weighted by Gasteiger charge is 2.38. The molecule has 3 amide bonds. The van der Waals surface area contributed by atoms with Crippen molar-refractivity contribution in [1.29, 1.82) is 5.26 Å². The van der Waals surface area contributed by atoms with Crippen LogP contribution in [0.1, 0.15) is 25.0 Å². The highest BCUT2D eigenvalue weighted by molar-refractivity contribution is 6.05. The van der Waals surface area contributed by atoms with Gasteiger partial charge in [-0.15, -0.1) is 0 Å². The van der Waals surface area contributed by atoms with Crippen molar-refractivity contribution in [2.45, 2.75) is 38.5 Å². The van der Waals surface area contributed by atoms with Gasteiger partial charge in [-0.25, -0.2) is 4.79 Å². The number of anilines is 2. The van der Waals surface area contributed by atoms with Crippen molar-refractivity contribution >= 4 is 40.1 Å².